The van der Waals surface area contributed by atoms with Crippen molar-refractivity contribution < 1.29 is 4.52 Å². The molecule has 1 fully saturated rings. The molecule has 2 unspecified atom stereocenters. The summed E-state index contributed by atoms with van der Waals surface area (Å²) in [5.74, 6) is 2.35. The minimum atomic E-state index is 0.293. The summed E-state index contributed by atoms with van der Waals surface area (Å²) >= 11 is 2.02. The molecule has 0 radical (unpaired) electrons. The summed E-state index contributed by atoms with van der Waals surface area (Å²) in [5, 5.41) is 4.56. The topological polar surface area (TPSA) is 68.2 Å². The molecule has 1 aromatic heterocycles. The molecule has 2 heterocycles. The quantitative estimate of drug-likeness (QED) is 0.934. The van der Waals surface area contributed by atoms with Crippen LogP contribution in [-0.4, -0.2) is 32.6 Å². The van der Waals surface area contributed by atoms with Gasteiger partial charge in [0.1, 0.15) is 0 Å². The summed E-state index contributed by atoms with van der Waals surface area (Å²) in [7, 11) is 0. The Morgan fingerprint density at radius 3 is 2.90 bits per heavy atom. The van der Waals surface area contributed by atoms with Crippen molar-refractivity contribution >= 4 is 11.8 Å². The van der Waals surface area contributed by atoms with Gasteiger partial charge in [-0.15, -0.1) is 0 Å². The molecule has 0 bridgehead atoms. The number of thioether (sulfide) groups is 1. The zero-order valence-corrected chi connectivity index (χ0v) is 12.9. The Balaban J connectivity index is 1.80. The van der Waals surface area contributed by atoms with Crippen LogP contribution in [0, 0.1) is 0 Å². The van der Waals surface area contributed by atoms with Gasteiger partial charge in [-0.05, 0) is 5.56 Å². The Morgan fingerprint density at radius 2 is 2.19 bits per heavy atom. The highest BCUT2D eigenvalue weighted by Gasteiger charge is 2.31. The van der Waals surface area contributed by atoms with Gasteiger partial charge >= 0.3 is 0 Å². The van der Waals surface area contributed by atoms with Gasteiger partial charge in [0.25, 0.3) is 0 Å². The Bertz CT molecular complexity index is 574. The zero-order valence-electron chi connectivity index (χ0n) is 12.1. The van der Waals surface area contributed by atoms with Gasteiger partial charge in [0.2, 0.25) is 5.89 Å². The van der Waals surface area contributed by atoms with Gasteiger partial charge in [-0.1, -0.05) is 42.4 Å². The van der Waals surface area contributed by atoms with Crippen LogP contribution in [0.1, 0.15) is 30.2 Å². The van der Waals surface area contributed by atoms with Crippen LogP contribution in [0.4, 0.5) is 0 Å². The first-order chi connectivity index (χ1) is 10.3. The smallest absolute Gasteiger partial charge is 0.240 e. The molecule has 2 atom stereocenters. The Morgan fingerprint density at radius 1 is 1.38 bits per heavy atom. The number of nitrogens with zero attached hydrogens (tertiary/aromatic N) is 3. The molecule has 1 aliphatic heterocycles. The van der Waals surface area contributed by atoms with Crippen molar-refractivity contribution in [2.45, 2.75) is 31.3 Å². The Kier molecular flexibility index (Phi) is 4.57. The molecular weight excluding hydrogens is 284 g/mol. The molecule has 1 aromatic carbocycles. The van der Waals surface area contributed by atoms with Crippen molar-refractivity contribution in [2.24, 2.45) is 5.73 Å². The molecule has 1 aliphatic rings. The maximum atomic E-state index is 5.52. The van der Waals surface area contributed by atoms with Gasteiger partial charge in [-0.25, -0.2) is 0 Å². The summed E-state index contributed by atoms with van der Waals surface area (Å²) in [5.41, 5.74) is 6.87. The number of aromatic nitrogens is 2. The van der Waals surface area contributed by atoms with Crippen LogP contribution in [0.15, 0.2) is 34.9 Å². The van der Waals surface area contributed by atoms with E-state index < -0.39 is 0 Å². The predicted octanol–water partition coefficient (Wildman–Crippen LogP) is 2.21. The van der Waals surface area contributed by atoms with Gasteiger partial charge in [-0.2, -0.15) is 16.7 Å². The largest absolute Gasteiger partial charge is 0.338 e. The average molecular weight is 304 g/mol. The molecule has 21 heavy (non-hydrogen) atoms. The molecular formula is C15H20N4OS. The molecule has 0 spiro atoms. The van der Waals surface area contributed by atoms with Crippen molar-refractivity contribution in [3.8, 4) is 0 Å². The molecule has 2 aromatic rings. The molecule has 1 saturated heterocycles. The maximum Gasteiger partial charge on any atom is 0.240 e. The van der Waals surface area contributed by atoms with Crippen LogP contribution in [0.25, 0.3) is 0 Å². The summed E-state index contributed by atoms with van der Waals surface area (Å²) in [6.45, 7) is 4.31. The Labute approximate surface area is 128 Å². The lowest BCUT2D eigenvalue weighted by Crippen LogP contribution is -2.39. The second-order valence-electron chi connectivity index (χ2n) is 5.21. The van der Waals surface area contributed by atoms with Gasteiger partial charge in [0.05, 0.1) is 13.1 Å². The van der Waals surface area contributed by atoms with Crippen molar-refractivity contribution in [1.29, 1.82) is 0 Å². The number of rotatable bonds is 4. The number of nitrogens with two attached hydrogens (primary N) is 1. The lowest BCUT2D eigenvalue weighted by molar-refractivity contribution is 0.185. The number of hydrogen-bond acceptors (Lipinski definition) is 6. The molecule has 0 amide bonds. The highest BCUT2D eigenvalue weighted by Crippen LogP contribution is 2.36. The molecule has 0 saturated carbocycles. The summed E-state index contributed by atoms with van der Waals surface area (Å²) in [6.07, 6.45) is 0. The molecule has 6 heteroatoms. The fourth-order valence-electron chi connectivity index (χ4n) is 2.81. The van der Waals surface area contributed by atoms with Crippen molar-refractivity contribution in [3.05, 3.63) is 47.6 Å². The average Bonchev–Trinajstić information content (AvgIpc) is 2.96. The zero-order chi connectivity index (χ0) is 14.7. The second-order valence-corrected chi connectivity index (χ2v) is 6.70. The second kappa shape index (κ2) is 6.60. The highest BCUT2D eigenvalue weighted by molar-refractivity contribution is 8.00. The first kappa shape index (κ1) is 14.6. The van der Waals surface area contributed by atoms with Crippen LogP contribution < -0.4 is 5.73 Å². The third kappa shape index (κ3) is 3.28. The van der Waals surface area contributed by atoms with E-state index >= 15 is 0 Å². The number of hydrogen-bond donors (Lipinski definition) is 1. The van der Waals surface area contributed by atoms with E-state index in [4.69, 9.17) is 10.3 Å². The minimum absolute atomic E-state index is 0.293. The van der Waals surface area contributed by atoms with Crippen molar-refractivity contribution in [3.63, 3.8) is 0 Å². The van der Waals surface area contributed by atoms with Crippen molar-refractivity contribution in [2.75, 3.05) is 12.3 Å². The molecule has 112 valence electrons. The fraction of sp³-hybridized carbons (Fsp3) is 0.467. The molecule has 2 N–H and O–H groups in total. The molecule has 0 aliphatic carbocycles. The van der Waals surface area contributed by atoms with Gasteiger partial charge in [-0.3, -0.25) is 4.90 Å². The van der Waals surface area contributed by atoms with E-state index in [1.165, 1.54) is 5.56 Å². The van der Waals surface area contributed by atoms with Gasteiger partial charge in [0.15, 0.2) is 5.82 Å². The normalized spacial score (nSPS) is 23.3. The van der Waals surface area contributed by atoms with E-state index in [1.807, 2.05) is 11.8 Å². The lowest BCUT2D eigenvalue weighted by Gasteiger charge is -2.39. The van der Waals surface area contributed by atoms with E-state index in [0.29, 0.717) is 30.3 Å². The highest BCUT2D eigenvalue weighted by atomic mass is 32.2. The fourth-order valence-corrected chi connectivity index (χ4v) is 4.03. The van der Waals surface area contributed by atoms with Crippen LogP contribution in [-0.2, 0) is 13.1 Å². The van der Waals surface area contributed by atoms with E-state index in [1.54, 1.807) is 0 Å². The molecule has 5 nitrogen and oxygen atoms in total. The van der Waals surface area contributed by atoms with Crippen LogP contribution >= 0.6 is 11.8 Å². The first-order valence-electron chi connectivity index (χ1n) is 7.20. The third-order valence-corrected chi connectivity index (χ3v) is 4.97. The first-order valence-corrected chi connectivity index (χ1v) is 8.25. The predicted molar refractivity (Wildman–Crippen MR) is 83.7 cm³/mol. The monoisotopic (exact) mass is 304 g/mol. The van der Waals surface area contributed by atoms with Gasteiger partial charge < -0.3 is 10.3 Å². The van der Waals surface area contributed by atoms with E-state index in [9.17, 15) is 0 Å². The minimum Gasteiger partial charge on any atom is -0.338 e. The summed E-state index contributed by atoms with van der Waals surface area (Å²) in [6, 6.07) is 11.0. The van der Waals surface area contributed by atoms with Crippen LogP contribution in [0.5, 0.6) is 0 Å². The lowest BCUT2D eigenvalue weighted by atomic mass is 10.0. The summed E-state index contributed by atoms with van der Waals surface area (Å²) in [4.78, 5) is 6.76. The number of benzene rings is 1. The SMILES string of the molecule is CC1SCCN(Cc2noc(CN)n2)C1c1ccccc1. The molecule has 3 rings (SSSR count). The van der Waals surface area contributed by atoms with Crippen LogP contribution in [0.2, 0.25) is 0 Å². The van der Waals surface area contributed by atoms with Gasteiger partial charge in [0, 0.05) is 23.6 Å². The standard InChI is InChI=1S/C15H20N4OS/c1-11-15(12-5-3-2-4-6-12)19(7-8-21-11)10-13-17-14(9-16)20-18-13/h2-6,11,15H,7-10,16H2,1H3. The Hall–Kier alpha value is -1.37. The van der Waals surface area contributed by atoms with Crippen molar-refractivity contribution in [1.82, 2.24) is 15.0 Å². The van der Waals surface area contributed by atoms with E-state index in [0.717, 1.165) is 18.1 Å². The third-order valence-electron chi connectivity index (χ3n) is 3.77. The van der Waals surface area contributed by atoms with E-state index in [-0.39, 0.29) is 0 Å². The van der Waals surface area contributed by atoms with Crippen LogP contribution in [0.3, 0.4) is 0 Å². The van der Waals surface area contributed by atoms with E-state index in [2.05, 4.69) is 52.3 Å². The summed E-state index contributed by atoms with van der Waals surface area (Å²) < 4.78 is 5.11. The maximum absolute atomic E-state index is 5.52.